The van der Waals surface area contributed by atoms with Crippen molar-refractivity contribution < 1.29 is 0 Å². The zero-order valence-electron chi connectivity index (χ0n) is 8.92. The van der Waals surface area contributed by atoms with E-state index in [1.807, 2.05) is 0 Å². The van der Waals surface area contributed by atoms with Crippen LogP contribution in [0.15, 0.2) is 0 Å². The van der Waals surface area contributed by atoms with Gasteiger partial charge >= 0.3 is 0 Å². The third-order valence-corrected chi connectivity index (χ3v) is 2.42. The molecule has 80 valence electrons. The van der Waals surface area contributed by atoms with Gasteiger partial charge in [0.05, 0.1) is 0 Å². The zero-order valence-corrected chi connectivity index (χ0v) is 8.92. The Balaban J connectivity index is 2.02. The summed E-state index contributed by atoms with van der Waals surface area (Å²) in [7, 11) is 0. The lowest BCUT2D eigenvalue weighted by Gasteiger charge is -1.98. The molecule has 4 nitrogen and oxygen atoms in total. The lowest BCUT2D eigenvalue weighted by Crippen LogP contribution is -1.93. The lowest BCUT2D eigenvalue weighted by molar-refractivity contribution is 0.604. The number of hydrogen-bond donors (Lipinski definition) is 2. The Bertz CT molecular complexity index is 244. The molecule has 0 radical (unpaired) electrons. The Labute approximate surface area is 85.3 Å². The van der Waals surface area contributed by atoms with Crippen molar-refractivity contribution in [3.8, 4) is 0 Å². The highest BCUT2D eigenvalue weighted by atomic mass is 15.3. The third-order valence-electron chi connectivity index (χ3n) is 2.42. The molecule has 0 saturated heterocycles. The monoisotopic (exact) mass is 196 g/mol. The molecule has 0 aromatic carbocycles. The number of aromatic amines is 1. The van der Waals surface area contributed by atoms with Crippen LogP contribution in [-0.2, 0) is 6.42 Å². The highest BCUT2D eigenvalue weighted by Gasteiger charge is 2.02. The van der Waals surface area contributed by atoms with Crippen molar-refractivity contribution in [2.45, 2.75) is 51.9 Å². The van der Waals surface area contributed by atoms with E-state index < -0.39 is 0 Å². The first-order valence-electron chi connectivity index (χ1n) is 5.49. The van der Waals surface area contributed by atoms with Gasteiger partial charge < -0.3 is 5.73 Å². The number of rotatable bonds is 7. The van der Waals surface area contributed by atoms with E-state index in [9.17, 15) is 0 Å². The fourth-order valence-electron chi connectivity index (χ4n) is 1.52. The fourth-order valence-corrected chi connectivity index (χ4v) is 1.52. The first-order chi connectivity index (χ1) is 6.84. The minimum atomic E-state index is 0.554. The molecule has 4 heteroatoms. The molecule has 0 aliphatic heterocycles. The maximum Gasteiger partial charge on any atom is 0.168 e. The van der Waals surface area contributed by atoms with Gasteiger partial charge in [0.1, 0.15) is 5.69 Å². The van der Waals surface area contributed by atoms with Gasteiger partial charge in [-0.2, -0.15) is 10.3 Å². The average molecular weight is 196 g/mol. The number of unbranched alkanes of at least 4 members (excludes halogenated alkanes) is 5. The third kappa shape index (κ3) is 3.77. The van der Waals surface area contributed by atoms with Crippen LogP contribution in [0.1, 0.15) is 51.1 Å². The number of nitrogens with zero attached hydrogens (tertiary/aromatic N) is 2. The molecule has 0 aliphatic rings. The number of nitrogen functional groups attached to an aromatic ring is 1. The van der Waals surface area contributed by atoms with E-state index in [0.717, 1.165) is 12.1 Å². The van der Waals surface area contributed by atoms with E-state index in [2.05, 4.69) is 22.3 Å². The van der Waals surface area contributed by atoms with Gasteiger partial charge in [0.25, 0.3) is 0 Å². The number of aryl methyl sites for hydroxylation is 1. The topological polar surface area (TPSA) is 67.6 Å². The number of H-pyrrole nitrogens is 1. The molecule has 0 saturated carbocycles. The largest absolute Gasteiger partial charge is 0.381 e. The second-order valence-electron chi connectivity index (χ2n) is 3.67. The van der Waals surface area contributed by atoms with Gasteiger partial charge in [0, 0.05) is 0 Å². The molecule has 1 aromatic rings. The van der Waals surface area contributed by atoms with E-state index in [1.165, 1.54) is 38.5 Å². The van der Waals surface area contributed by atoms with E-state index in [0.29, 0.717) is 5.82 Å². The summed E-state index contributed by atoms with van der Waals surface area (Å²) in [5, 5.41) is 10.3. The summed E-state index contributed by atoms with van der Waals surface area (Å²) < 4.78 is 0. The average Bonchev–Trinajstić information content (AvgIpc) is 2.58. The van der Waals surface area contributed by atoms with E-state index in [4.69, 9.17) is 5.73 Å². The Kier molecular flexibility index (Phi) is 5.04. The van der Waals surface area contributed by atoms with Crippen molar-refractivity contribution in [2.24, 2.45) is 0 Å². The van der Waals surface area contributed by atoms with Crippen molar-refractivity contribution in [1.29, 1.82) is 0 Å². The summed E-state index contributed by atoms with van der Waals surface area (Å²) in [5.74, 6) is 0.554. The van der Waals surface area contributed by atoms with E-state index in [1.54, 1.807) is 0 Å². The molecule has 0 fully saturated rings. The normalized spacial score (nSPS) is 10.6. The van der Waals surface area contributed by atoms with Gasteiger partial charge in [-0.25, -0.2) is 0 Å². The second-order valence-corrected chi connectivity index (χ2v) is 3.67. The Morgan fingerprint density at radius 2 is 1.79 bits per heavy atom. The quantitative estimate of drug-likeness (QED) is 0.657. The zero-order chi connectivity index (χ0) is 10.2. The van der Waals surface area contributed by atoms with E-state index >= 15 is 0 Å². The summed E-state index contributed by atoms with van der Waals surface area (Å²) in [6.45, 7) is 2.23. The van der Waals surface area contributed by atoms with Gasteiger partial charge in [-0.15, -0.1) is 5.10 Å². The molecule has 1 heterocycles. The predicted octanol–water partition coefficient (Wildman–Crippen LogP) is 2.29. The number of nitrogens with two attached hydrogens (primary N) is 1. The van der Waals surface area contributed by atoms with Crippen molar-refractivity contribution in [3.05, 3.63) is 5.69 Å². The van der Waals surface area contributed by atoms with Gasteiger partial charge in [0.15, 0.2) is 5.82 Å². The van der Waals surface area contributed by atoms with Crippen LogP contribution < -0.4 is 5.73 Å². The first kappa shape index (κ1) is 11.0. The molecule has 0 spiro atoms. The van der Waals surface area contributed by atoms with Gasteiger partial charge in [-0.05, 0) is 12.8 Å². The fraction of sp³-hybridized carbons (Fsp3) is 0.800. The molecule has 0 bridgehead atoms. The molecule has 0 aliphatic carbocycles. The highest BCUT2D eigenvalue weighted by Crippen LogP contribution is 2.10. The standard InChI is InChI=1S/C10H20N4/c1-2-3-4-5-6-7-8-9-10(11)13-14-12-9/h2-8H2,1H3,(H3,11,12,13,14). The Morgan fingerprint density at radius 3 is 2.43 bits per heavy atom. The molecule has 1 aromatic heterocycles. The molecule has 0 unspecified atom stereocenters. The van der Waals surface area contributed by atoms with Gasteiger partial charge in [0.2, 0.25) is 0 Å². The molecular weight excluding hydrogens is 176 g/mol. The summed E-state index contributed by atoms with van der Waals surface area (Å²) >= 11 is 0. The number of anilines is 1. The highest BCUT2D eigenvalue weighted by molar-refractivity contribution is 5.31. The lowest BCUT2D eigenvalue weighted by atomic mass is 10.1. The van der Waals surface area contributed by atoms with Crippen LogP contribution in [0.25, 0.3) is 0 Å². The van der Waals surface area contributed by atoms with Gasteiger partial charge in [-0.3, -0.25) is 0 Å². The van der Waals surface area contributed by atoms with Crippen molar-refractivity contribution in [1.82, 2.24) is 15.4 Å². The smallest absolute Gasteiger partial charge is 0.168 e. The second kappa shape index (κ2) is 6.40. The molecule has 1 rings (SSSR count). The summed E-state index contributed by atoms with van der Waals surface area (Å²) in [6, 6.07) is 0. The SMILES string of the molecule is CCCCCCCCc1n[nH]nc1N. The van der Waals surface area contributed by atoms with Crippen LogP contribution in [0.3, 0.4) is 0 Å². The summed E-state index contributed by atoms with van der Waals surface area (Å²) in [4.78, 5) is 0. The van der Waals surface area contributed by atoms with Gasteiger partial charge in [-0.1, -0.05) is 39.0 Å². The predicted molar refractivity (Wildman–Crippen MR) is 57.9 cm³/mol. The maximum atomic E-state index is 5.60. The van der Waals surface area contributed by atoms with Crippen molar-refractivity contribution in [2.75, 3.05) is 5.73 Å². The minimum Gasteiger partial charge on any atom is -0.381 e. The molecule has 3 N–H and O–H groups in total. The van der Waals surface area contributed by atoms with Crippen LogP contribution in [0.4, 0.5) is 5.82 Å². The molecule has 0 amide bonds. The molecule has 14 heavy (non-hydrogen) atoms. The number of nitrogens with one attached hydrogen (secondary N) is 1. The summed E-state index contributed by atoms with van der Waals surface area (Å²) in [6.07, 6.45) is 8.72. The van der Waals surface area contributed by atoms with Crippen LogP contribution in [-0.4, -0.2) is 15.4 Å². The minimum absolute atomic E-state index is 0.554. The molecular formula is C10H20N4. The maximum absolute atomic E-state index is 5.60. The van der Waals surface area contributed by atoms with Crippen molar-refractivity contribution in [3.63, 3.8) is 0 Å². The van der Waals surface area contributed by atoms with Crippen LogP contribution >= 0.6 is 0 Å². The molecule has 0 atom stereocenters. The number of hydrogen-bond acceptors (Lipinski definition) is 3. The summed E-state index contributed by atoms with van der Waals surface area (Å²) in [5.41, 5.74) is 6.52. The Morgan fingerprint density at radius 1 is 1.07 bits per heavy atom. The van der Waals surface area contributed by atoms with Crippen molar-refractivity contribution >= 4 is 5.82 Å². The van der Waals surface area contributed by atoms with E-state index in [-0.39, 0.29) is 0 Å². The number of aromatic nitrogens is 3. The van der Waals surface area contributed by atoms with Crippen LogP contribution in [0.5, 0.6) is 0 Å². The van der Waals surface area contributed by atoms with Crippen LogP contribution in [0.2, 0.25) is 0 Å². The Hall–Kier alpha value is -1.06. The van der Waals surface area contributed by atoms with Crippen LogP contribution in [0, 0.1) is 0 Å². The first-order valence-corrected chi connectivity index (χ1v) is 5.49.